The Morgan fingerprint density at radius 1 is 0.831 bits per heavy atom. The predicted molar refractivity (Wildman–Crippen MR) is 209 cm³/mol. The molecule has 21 nitrogen and oxygen atoms in total. The summed E-state index contributed by atoms with van der Waals surface area (Å²) in [6.45, 7) is 0.355. The number of carbonyl (C=O) groups excluding carboxylic acids is 1. The zero-order valence-corrected chi connectivity index (χ0v) is 32.4. The molecule has 0 radical (unpaired) electrons. The third kappa shape index (κ3) is 7.23. The number of nitrogen functional groups attached to an aromatic ring is 1. The number of nitrogens with one attached hydrogen (secondary N) is 2. The molecule has 22 heteroatoms. The molecule has 4 saturated heterocycles. The average Bonchev–Trinajstić information content (AvgIpc) is 4.01. The van der Waals surface area contributed by atoms with E-state index in [-0.39, 0.29) is 36.2 Å². The van der Waals surface area contributed by atoms with Crippen LogP contribution in [-0.2, 0) is 18.9 Å². The lowest BCUT2D eigenvalue weighted by molar-refractivity contribution is -0.225. The number of hydrogen-bond acceptors (Lipinski definition) is 18. The fraction of sp³-hybridized carbons (Fsp3) is 0.541. The first-order valence-electron chi connectivity index (χ1n) is 19.5. The van der Waals surface area contributed by atoms with Gasteiger partial charge in [-0.1, -0.05) is 29.8 Å². The van der Waals surface area contributed by atoms with Crippen molar-refractivity contribution in [1.29, 1.82) is 0 Å². The molecule has 2 saturated carbocycles. The quantitative estimate of drug-likeness (QED) is 0.0995. The van der Waals surface area contributed by atoms with Crippen LogP contribution in [0.1, 0.15) is 61.3 Å². The number of ether oxygens (including phenoxy) is 4. The van der Waals surface area contributed by atoms with E-state index < -0.39 is 48.1 Å². The van der Waals surface area contributed by atoms with E-state index in [0.29, 0.717) is 71.8 Å². The van der Waals surface area contributed by atoms with Gasteiger partial charge in [0.15, 0.2) is 40.2 Å². The first kappa shape index (κ1) is 39.8. The number of anilines is 3. The number of aromatic nitrogens is 8. The van der Waals surface area contributed by atoms with E-state index in [1.54, 1.807) is 39.7 Å². The highest BCUT2D eigenvalue weighted by Crippen LogP contribution is 2.50. The molecular formula is C37H45ClN12O9. The van der Waals surface area contributed by atoms with Gasteiger partial charge in [-0.2, -0.15) is 19.9 Å². The summed E-state index contributed by atoms with van der Waals surface area (Å²) < 4.78 is 26.5. The summed E-state index contributed by atoms with van der Waals surface area (Å²) in [6, 6.07) is 9.62. The van der Waals surface area contributed by atoms with Gasteiger partial charge in [0, 0.05) is 30.5 Å². The highest BCUT2D eigenvalue weighted by atomic mass is 35.5. The second kappa shape index (κ2) is 15.7. The third-order valence-electron chi connectivity index (χ3n) is 11.4. The van der Waals surface area contributed by atoms with Gasteiger partial charge in [0.1, 0.15) is 41.1 Å². The molecule has 1 aromatic carbocycles. The molecule has 2 aliphatic carbocycles. The molecule has 4 aromatic heterocycles. The average molecular weight is 837 g/mol. The van der Waals surface area contributed by atoms with Gasteiger partial charge in [0.2, 0.25) is 11.9 Å². The fourth-order valence-corrected chi connectivity index (χ4v) is 7.86. The van der Waals surface area contributed by atoms with Crippen LogP contribution in [-0.4, -0.2) is 140 Å². The van der Waals surface area contributed by atoms with Crippen molar-refractivity contribution in [3.8, 4) is 0 Å². The van der Waals surface area contributed by atoms with Crippen LogP contribution in [0.3, 0.4) is 0 Å². The zero-order chi connectivity index (χ0) is 41.1. The minimum Gasteiger partial charge on any atom is -0.394 e. The number of nitrogens with two attached hydrogens (primary N) is 2. The molecule has 6 fully saturated rings. The summed E-state index contributed by atoms with van der Waals surface area (Å²) in [4.78, 5) is 38.2. The van der Waals surface area contributed by atoms with Crippen LogP contribution < -0.4 is 22.1 Å². The molecule has 11 rings (SSSR count). The molecule has 0 bridgehead atoms. The standard InChI is InChI=1S/C19H18ClN5O5.C15H20N6O4.C3H7N/c20-14-12-15(23-18(22-14)24-16(28)10-4-2-1-3-5-10)25(9-21-12)17-19(6-7-29-19)13(27)11(8-26)30-17;16-14-19-11(18-7-1-2-7)9-12(20-14)21(6-17-9)13-15(3-4-24-15)10(23)8(5-22)25-13;4-3-1-2-3/h1-5,9,11,13,17,26-27H,6-8H2,(H,22,23,24,28);6-8,10,13,22-23H,1-5H2,(H3,16,18,19,20);3H,1-2,4H2/t11?,13?,17?,19-;8?,10?,13?,15-;/m11./s1. The van der Waals surface area contributed by atoms with E-state index >= 15 is 0 Å². The van der Waals surface area contributed by atoms with Crippen molar-refractivity contribution >= 4 is 57.6 Å². The van der Waals surface area contributed by atoms with Crippen LogP contribution in [0.2, 0.25) is 5.15 Å². The van der Waals surface area contributed by atoms with Crippen LogP contribution in [0.5, 0.6) is 0 Å². The van der Waals surface area contributed by atoms with Crippen molar-refractivity contribution in [1.82, 2.24) is 39.0 Å². The first-order valence-corrected chi connectivity index (χ1v) is 19.9. The highest BCUT2D eigenvalue weighted by Gasteiger charge is 2.63. The van der Waals surface area contributed by atoms with E-state index in [0.717, 1.165) is 12.8 Å². The molecule has 59 heavy (non-hydrogen) atoms. The lowest BCUT2D eigenvalue weighted by Crippen LogP contribution is -2.56. The second-order valence-electron chi connectivity index (χ2n) is 15.4. The van der Waals surface area contributed by atoms with Crippen LogP contribution >= 0.6 is 11.6 Å². The van der Waals surface area contributed by atoms with Gasteiger partial charge < -0.3 is 56.2 Å². The molecule has 10 N–H and O–H groups in total. The van der Waals surface area contributed by atoms with Crippen molar-refractivity contribution in [2.24, 2.45) is 5.73 Å². The SMILES string of the molecule is NC1CC1.Nc1nc(NC2CC2)c2ncn(C3OC(CO)C(O)[C@]34CCO4)c2n1.O=C(Nc1nc(Cl)c2ncn(C3OC(CO)C(O)[C@]34CCO4)c2n1)c1ccccc1. The molecule has 1 amide bonds. The fourth-order valence-electron chi connectivity index (χ4n) is 7.65. The number of halogens is 1. The molecule has 6 unspecified atom stereocenters. The first-order chi connectivity index (χ1) is 28.5. The Kier molecular flexibility index (Phi) is 10.6. The zero-order valence-electron chi connectivity index (χ0n) is 31.7. The van der Waals surface area contributed by atoms with Gasteiger partial charge in [-0.15, -0.1) is 0 Å². The Morgan fingerprint density at radius 3 is 1.86 bits per heavy atom. The van der Waals surface area contributed by atoms with Gasteiger partial charge >= 0.3 is 0 Å². The number of fused-ring (bicyclic) bond motifs is 2. The van der Waals surface area contributed by atoms with Crippen molar-refractivity contribution < 1.29 is 44.2 Å². The van der Waals surface area contributed by atoms with E-state index in [4.69, 9.17) is 42.0 Å². The summed E-state index contributed by atoms with van der Waals surface area (Å²) in [6.07, 6.45) is 4.10. The van der Waals surface area contributed by atoms with E-state index in [9.17, 15) is 25.2 Å². The van der Waals surface area contributed by atoms with E-state index in [1.807, 2.05) is 6.07 Å². The Hall–Kier alpha value is -4.68. The maximum Gasteiger partial charge on any atom is 0.258 e. The summed E-state index contributed by atoms with van der Waals surface area (Å²) in [5.41, 5.74) is 11.4. The lowest BCUT2D eigenvalue weighted by Gasteiger charge is -2.44. The number of rotatable bonds is 8. The maximum atomic E-state index is 12.5. The second-order valence-corrected chi connectivity index (χ2v) is 15.8. The van der Waals surface area contributed by atoms with Gasteiger partial charge in [-0.3, -0.25) is 19.2 Å². The molecule has 314 valence electrons. The topological polar surface area (TPSA) is 298 Å². The highest BCUT2D eigenvalue weighted by molar-refractivity contribution is 6.33. The van der Waals surface area contributed by atoms with Crippen LogP contribution in [0.25, 0.3) is 22.3 Å². The molecular weight excluding hydrogens is 792 g/mol. The van der Waals surface area contributed by atoms with Crippen LogP contribution in [0, 0.1) is 0 Å². The largest absolute Gasteiger partial charge is 0.394 e. The molecule has 8 heterocycles. The maximum absolute atomic E-state index is 12.5. The molecule has 6 aliphatic rings. The van der Waals surface area contributed by atoms with Crippen LogP contribution in [0.4, 0.5) is 17.7 Å². The minimum absolute atomic E-state index is 0.00364. The molecule has 2 spiro atoms. The number of nitrogens with zero attached hydrogens (tertiary/aromatic N) is 8. The van der Waals surface area contributed by atoms with Crippen molar-refractivity contribution in [2.75, 3.05) is 42.8 Å². The van der Waals surface area contributed by atoms with Crippen molar-refractivity contribution in [3.63, 3.8) is 0 Å². The number of imidazole rings is 2. The van der Waals surface area contributed by atoms with Crippen molar-refractivity contribution in [3.05, 3.63) is 53.7 Å². The van der Waals surface area contributed by atoms with Gasteiger partial charge in [0.05, 0.1) is 39.1 Å². The Labute approximate surface area is 341 Å². The molecule has 5 aromatic rings. The number of amides is 1. The Morgan fingerprint density at radius 2 is 1.37 bits per heavy atom. The van der Waals surface area contributed by atoms with Gasteiger partial charge in [-0.25, -0.2) is 9.97 Å². The number of benzene rings is 1. The summed E-state index contributed by atoms with van der Waals surface area (Å²) in [5.74, 6) is 0.357. The summed E-state index contributed by atoms with van der Waals surface area (Å²) in [7, 11) is 0. The van der Waals surface area contributed by atoms with E-state index in [2.05, 4.69) is 40.5 Å². The number of aliphatic hydroxyl groups is 4. The van der Waals surface area contributed by atoms with Crippen LogP contribution in [0.15, 0.2) is 43.0 Å². The Bertz CT molecular complexity index is 2320. The molecule has 8 atom stereocenters. The summed E-state index contributed by atoms with van der Waals surface area (Å²) >= 11 is 6.28. The van der Waals surface area contributed by atoms with Crippen molar-refractivity contribution in [2.45, 2.75) is 98.7 Å². The monoisotopic (exact) mass is 836 g/mol. The smallest absolute Gasteiger partial charge is 0.258 e. The number of carbonyl (C=O) groups is 1. The summed E-state index contributed by atoms with van der Waals surface area (Å²) in [5, 5.41) is 46.2. The number of hydrogen-bond donors (Lipinski definition) is 8. The number of aliphatic hydroxyl groups excluding tert-OH is 4. The minimum atomic E-state index is -1.01. The predicted octanol–water partition coefficient (Wildman–Crippen LogP) is 0.642. The third-order valence-corrected chi connectivity index (χ3v) is 11.6. The van der Waals surface area contributed by atoms with E-state index in [1.165, 1.54) is 19.2 Å². The lowest BCUT2D eigenvalue weighted by atomic mass is 9.86. The van der Waals surface area contributed by atoms with Gasteiger partial charge in [0.25, 0.3) is 5.91 Å². The Balaban J connectivity index is 0.000000141. The normalized spacial score (nSPS) is 30.7. The molecule has 4 aliphatic heterocycles. The van der Waals surface area contributed by atoms with Gasteiger partial charge in [-0.05, 0) is 37.8 Å².